The molecule has 2 aromatic rings. The van der Waals surface area contributed by atoms with E-state index in [2.05, 4.69) is 39.6 Å². The number of aromatic nitrogens is 1. The van der Waals surface area contributed by atoms with E-state index in [0.717, 1.165) is 31.7 Å². The molecule has 0 atom stereocenters. The third-order valence-corrected chi connectivity index (χ3v) is 4.20. The van der Waals surface area contributed by atoms with E-state index in [-0.39, 0.29) is 11.8 Å². The van der Waals surface area contributed by atoms with Crippen LogP contribution in [0.1, 0.15) is 48.0 Å². The molecule has 3 rings (SSSR count). The average molecular weight is 313 g/mol. The van der Waals surface area contributed by atoms with Crippen LogP contribution in [0.4, 0.5) is 5.69 Å². The van der Waals surface area contributed by atoms with Gasteiger partial charge in [-0.15, -0.1) is 0 Å². The molecule has 0 bridgehead atoms. The number of hydrogen-bond donors (Lipinski definition) is 1. The highest BCUT2D eigenvalue weighted by molar-refractivity contribution is 5.92. The zero-order valence-electron chi connectivity index (χ0n) is 13.7. The lowest BCUT2D eigenvalue weighted by atomic mass is 10.1. The fourth-order valence-corrected chi connectivity index (χ4v) is 2.87. The van der Waals surface area contributed by atoms with Crippen molar-refractivity contribution in [2.24, 2.45) is 0 Å². The maximum atomic E-state index is 12.0. The molecule has 1 aliphatic rings. The van der Waals surface area contributed by atoms with Gasteiger partial charge in [0.05, 0.1) is 0 Å². The van der Waals surface area contributed by atoms with Gasteiger partial charge in [-0.2, -0.15) is 0 Å². The Kier molecular flexibility index (Phi) is 4.65. The summed E-state index contributed by atoms with van der Waals surface area (Å²) in [5, 5.41) is 6.74. The van der Waals surface area contributed by atoms with Crippen molar-refractivity contribution in [3.63, 3.8) is 0 Å². The van der Waals surface area contributed by atoms with Crippen LogP contribution in [-0.2, 0) is 6.42 Å². The zero-order valence-corrected chi connectivity index (χ0v) is 13.7. The summed E-state index contributed by atoms with van der Waals surface area (Å²) in [6, 6.07) is 10.2. The van der Waals surface area contributed by atoms with Crippen molar-refractivity contribution in [2.75, 3.05) is 24.5 Å². The highest BCUT2D eigenvalue weighted by atomic mass is 16.5. The van der Waals surface area contributed by atoms with Crippen molar-refractivity contribution in [3.05, 3.63) is 47.3 Å². The Bertz CT molecular complexity index is 678. The van der Waals surface area contributed by atoms with Crippen molar-refractivity contribution in [3.8, 4) is 0 Å². The van der Waals surface area contributed by atoms with Crippen molar-refractivity contribution in [2.45, 2.75) is 32.6 Å². The van der Waals surface area contributed by atoms with Gasteiger partial charge in [0, 0.05) is 37.3 Å². The molecule has 122 valence electrons. The van der Waals surface area contributed by atoms with Gasteiger partial charge >= 0.3 is 0 Å². The molecule has 0 saturated carbocycles. The summed E-state index contributed by atoms with van der Waals surface area (Å²) in [6.07, 6.45) is 2.02. The van der Waals surface area contributed by atoms with Crippen LogP contribution in [0.3, 0.4) is 0 Å². The largest absolute Gasteiger partial charge is 0.371 e. The van der Waals surface area contributed by atoms with E-state index in [0.29, 0.717) is 12.2 Å². The molecule has 0 aliphatic carbocycles. The van der Waals surface area contributed by atoms with E-state index in [1.807, 2.05) is 13.8 Å². The van der Waals surface area contributed by atoms with Gasteiger partial charge in [-0.3, -0.25) is 4.79 Å². The first-order valence-corrected chi connectivity index (χ1v) is 8.23. The first-order valence-electron chi connectivity index (χ1n) is 8.23. The molecule has 0 radical (unpaired) electrons. The number of anilines is 1. The molecule has 1 aromatic carbocycles. The fraction of sp³-hybridized carbons (Fsp3) is 0.444. The number of benzene rings is 1. The first-order chi connectivity index (χ1) is 11.1. The van der Waals surface area contributed by atoms with E-state index in [1.165, 1.54) is 11.3 Å². The van der Waals surface area contributed by atoms with E-state index < -0.39 is 0 Å². The van der Waals surface area contributed by atoms with Crippen LogP contribution < -0.4 is 10.2 Å². The SMILES string of the molecule is CC(C)c1cc(C(=O)NCCCN2CCc3ccccc32)no1. The summed E-state index contributed by atoms with van der Waals surface area (Å²) < 4.78 is 5.15. The lowest BCUT2D eigenvalue weighted by Crippen LogP contribution is -2.29. The minimum absolute atomic E-state index is 0.164. The standard InChI is InChI=1S/C18H23N3O2/c1-13(2)17-12-15(20-23-17)18(22)19-9-5-10-21-11-8-14-6-3-4-7-16(14)21/h3-4,6-7,12-13H,5,8-11H2,1-2H3,(H,19,22). The van der Waals surface area contributed by atoms with Crippen molar-refractivity contribution in [1.29, 1.82) is 0 Å². The number of rotatable bonds is 6. The Morgan fingerprint density at radius 2 is 2.22 bits per heavy atom. The Labute approximate surface area is 136 Å². The molecule has 0 fully saturated rings. The highest BCUT2D eigenvalue weighted by Crippen LogP contribution is 2.27. The second-order valence-electron chi connectivity index (χ2n) is 6.24. The predicted octanol–water partition coefficient (Wildman–Crippen LogP) is 2.98. The number of nitrogens with one attached hydrogen (secondary N) is 1. The highest BCUT2D eigenvalue weighted by Gasteiger charge is 2.18. The number of carbonyl (C=O) groups is 1. The molecular weight excluding hydrogens is 290 g/mol. The number of fused-ring (bicyclic) bond motifs is 1. The summed E-state index contributed by atoms with van der Waals surface area (Å²) in [5.74, 6) is 0.811. The Morgan fingerprint density at radius 3 is 3.00 bits per heavy atom. The molecule has 1 N–H and O–H groups in total. The molecule has 23 heavy (non-hydrogen) atoms. The normalized spacial score (nSPS) is 13.4. The fourth-order valence-electron chi connectivity index (χ4n) is 2.87. The molecule has 0 saturated heterocycles. The maximum Gasteiger partial charge on any atom is 0.273 e. The van der Waals surface area contributed by atoms with Crippen molar-refractivity contribution < 1.29 is 9.32 Å². The van der Waals surface area contributed by atoms with Gasteiger partial charge in [-0.05, 0) is 24.5 Å². The second-order valence-corrected chi connectivity index (χ2v) is 6.24. The number of amides is 1. The molecule has 5 heteroatoms. The topological polar surface area (TPSA) is 58.4 Å². The summed E-state index contributed by atoms with van der Waals surface area (Å²) in [4.78, 5) is 14.4. The minimum Gasteiger partial charge on any atom is -0.371 e. The van der Waals surface area contributed by atoms with Crippen LogP contribution in [0.25, 0.3) is 0 Å². The lowest BCUT2D eigenvalue weighted by molar-refractivity contribution is 0.0944. The van der Waals surface area contributed by atoms with E-state index in [1.54, 1.807) is 6.07 Å². The smallest absolute Gasteiger partial charge is 0.273 e. The van der Waals surface area contributed by atoms with E-state index in [9.17, 15) is 4.79 Å². The summed E-state index contributed by atoms with van der Waals surface area (Å²) in [7, 11) is 0. The number of nitrogens with zero attached hydrogens (tertiary/aromatic N) is 2. The molecule has 0 unspecified atom stereocenters. The predicted molar refractivity (Wildman–Crippen MR) is 89.9 cm³/mol. The third-order valence-electron chi connectivity index (χ3n) is 4.20. The Morgan fingerprint density at radius 1 is 1.39 bits per heavy atom. The van der Waals surface area contributed by atoms with Gasteiger partial charge in [0.1, 0.15) is 5.76 Å². The van der Waals surface area contributed by atoms with Crippen LogP contribution in [0.5, 0.6) is 0 Å². The zero-order chi connectivity index (χ0) is 16.2. The van der Waals surface area contributed by atoms with Crippen molar-refractivity contribution >= 4 is 11.6 Å². The van der Waals surface area contributed by atoms with Crippen LogP contribution in [-0.4, -0.2) is 30.7 Å². The second kappa shape index (κ2) is 6.86. The monoisotopic (exact) mass is 313 g/mol. The Balaban J connectivity index is 1.44. The van der Waals surface area contributed by atoms with Crippen LogP contribution >= 0.6 is 0 Å². The van der Waals surface area contributed by atoms with Gasteiger partial charge in [0.25, 0.3) is 5.91 Å². The van der Waals surface area contributed by atoms with Crippen LogP contribution in [0, 0.1) is 0 Å². The van der Waals surface area contributed by atoms with Crippen LogP contribution in [0.15, 0.2) is 34.9 Å². The quantitative estimate of drug-likeness (QED) is 0.833. The van der Waals surface area contributed by atoms with Crippen molar-refractivity contribution in [1.82, 2.24) is 10.5 Å². The molecule has 5 nitrogen and oxygen atoms in total. The molecule has 2 heterocycles. The molecule has 1 aromatic heterocycles. The molecular formula is C18H23N3O2. The van der Waals surface area contributed by atoms with Crippen LogP contribution in [0.2, 0.25) is 0 Å². The van der Waals surface area contributed by atoms with Gasteiger partial charge in [0.15, 0.2) is 5.69 Å². The molecule has 1 aliphatic heterocycles. The lowest BCUT2D eigenvalue weighted by Gasteiger charge is -2.19. The van der Waals surface area contributed by atoms with E-state index >= 15 is 0 Å². The first kappa shape index (κ1) is 15.6. The summed E-state index contributed by atoms with van der Waals surface area (Å²) in [6.45, 7) is 6.68. The number of para-hydroxylation sites is 1. The summed E-state index contributed by atoms with van der Waals surface area (Å²) in [5.41, 5.74) is 3.11. The molecule has 1 amide bonds. The summed E-state index contributed by atoms with van der Waals surface area (Å²) >= 11 is 0. The Hall–Kier alpha value is -2.30. The molecule has 0 spiro atoms. The van der Waals surface area contributed by atoms with Gasteiger partial charge in [-0.25, -0.2) is 0 Å². The minimum atomic E-state index is -0.164. The van der Waals surface area contributed by atoms with Gasteiger partial charge in [-0.1, -0.05) is 37.2 Å². The average Bonchev–Trinajstić information content (AvgIpc) is 3.19. The van der Waals surface area contributed by atoms with Gasteiger partial charge < -0.3 is 14.7 Å². The number of carbonyl (C=O) groups excluding carboxylic acids is 1. The third kappa shape index (κ3) is 3.55. The maximum absolute atomic E-state index is 12.0. The number of hydrogen-bond acceptors (Lipinski definition) is 4. The van der Waals surface area contributed by atoms with E-state index in [4.69, 9.17) is 4.52 Å². The van der Waals surface area contributed by atoms with Gasteiger partial charge in [0.2, 0.25) is 0 Å².